The highest BCUT2D eigenvalue weighted by atomic mass is 16.3. The Morgan fingerprint density at radius 1 is 1.11 bits per heavy atom. The summed E-state index contributed by atoms with van der Waals surface area (Å²) < 4.78 is 0. The molecule has 1 heterocycles. The Bertz CT molecular complexity index is 538. The normalized spacial score (nSPS) is 12.2. The van der Waals surface area contributed by atoms with Crippen molar-refractivity contribution < 1.29 is 5.11 Å². The maximum atomic E-state index is 9.92. The zero-order valence-electron chi connectivity index (χ0n) is 10.9. The molecule has 0 saturated carbocycles. The van der Waals surface area contributed by atoms with Gasteiger partial charge in [-0.15, -0.1) is 0 Å². The molecule has 0 fully saturated rings. The smallest absolute Gasteiger partial charge is 0.123 e. The van der Waals surface area contributed by atoms with Crippen molar-refractivity contribution in [1.29, 1.82) is 0 Å². The molecule has 0 aliphatic heterocycles. The summed E-state index contributed by atoms with van der Waals surface area (Å²) in [5.41, 5.74) is 3.91. The molecule has 1 aromatic carbocycles. The van der Waals surface area contributed by atoms with Gasteiger partial charge in [0.2, 0.25) is 0 Å². The first-order valence-corrected chi connectivity index (χ1v) is 6.05. The van der Waals surface area contributed by atoms with Gasteiger partial charge < -0.3 is 10.4 Å². The van der Waals surface area contributed by atoms with Gasteiger partial charge in [-0.05, 0) is 50.1 Å². The minimum Gasteiger partial charge on any atom is -0.507 e. The van der Waals surface area contributed by atoms with Gasteiger partial charge >= 0.3 is 0 Å². The minimum absolute atomic E-state index is 0.175. The summed E-state index contributed by atoms with van der Waals surface area (Å²) in [5.74, 6) is 0.363. The Labute approximate surface area is 108 Å². The zero-order chi connectivity index (χ0) is 13.1. The molecule has 0 saturated heterocycles. The number of rotatable bonds is 3. The van der Waals surface area contributed by atoms with Gasteiger partial charge in [-0.3, -0.25) is 4.98 Å². The van der Waals surface area contributed by atoms with Crippen LogP contribution in [0.1, 0.15) is 29.7 Å². The van der Waals surface area contributed by atoms with E-state index in [2.05, 4.69) is 17.2 Å². The van der Waals surface area contributed by atoms with Crippen LogP contribution in [0.3, 0.4) is 0 Å². The van der Waals surface area contributed by atoms with Gasteiger partial charge in [-0.25, -0.2) is 0 Å². The topological polar surface area (TPSA) is 45.2 Å². The van der Waals surface area contributed by atoms with Crippen LogP contribution >= 0.6 is 0 Å². The number of nitrogens with one attached hydrogen (secondary N) is 1. The number of nitrogens with zero attached hydrogens (tertiary/aromatic N) is 1. The summed E-state index contributed by atoms with van der Waals surface area (Å²) >= 11 is 0. The van der Waals surface area contributed by atoms with E-state index in [1.165, 1.54) is 5.56 Å². The van der Waals surface area contributed by atoms with Crippen LogP contribution in [0.15, 0.2) is 36.7 Å². The van der Waals surface area contributed by atoms with Gasteiger partial charge in [-0.2, -0.15) is 0 Å². The van der Waals surface area contributed by atoms with E-state index in [0.717, 1.165) is 16.8 Å². The SMILES string of the molecule is Cc1ccc(NC(C)c2ccncc2)c(C)c1O. The highest BCUT2D eigenvalue weighted by molar-refractivity contribution is 5.59. The molecule has 3 heteroatoms. The number of aromatic nitrogens is 1. The lowest BCUT2D eigenvalue weighted by atomic mass is 10.1. The second-order valence-electron chi connectivity index (χ2n) is 4.55. The monoisotopic (exact) mass is 242 g/mol. The summed E-state index contributed by atoms with van der Waals surface area (Å²) in [6, 6.07) is 8.07. The third-order valence-electron chi connectivity index (χ3n) is 3.21. The van der Waals surface area contributed by atoms with Crippen molar-refractivity contribution in [2.45, 2.75) is 26.8 Å². The van der Waals surface area contributed by atoms with E-state index in [1.807, 2.05) is 38.1 Å². The van der Waals surface area contributed by atoms with Gasteiger partial charge in [-0.1, -0.05) is 6.07 Å². The predicted octanol–water partition coefficient (Wildman–Crippen LogP) is 3.58. The molecule has 94 valence electrons. The molecule has 0 radical (unpaired) electrons. The molecule has 0 aliphatic carbocycles. The maximum Gasteiger partial charge on any atom is 0.123 e. The van der Waals surface area contributed by atoms with Crippen molar-refractivity contribution in [2.24, 2.45) is 0 Å². The molecular formula is C15H18N2O. The molecule has 2 aromatic rings. The number of hydrogen-bond acceptors (Lipinski definition) is 3. The van der Waals surface area contributed by atoms with Crippen LogP contribution in [0, 0.1) is 13.8 Å². The lowest BCUT2D eigenvalue weighted by molar-refractivity contribution is 0.467. The summed E-state index contributed by atoms with van der Waals surface area (Å²) in [5, 5.41) is 13.3. The van der Waals surface area contributed by atoms with Crippen molar-refractivity contribution in [3.05, 3.63) is 53.3 Å². The molecule has 1 aromatic heterocycles. The summed E-state index contributed by atoms with van der Waals surface area (Å²) in [4.78, 5) is 4.01. The maximum absolute atomic E-state index is 9.92. The number of anilines is 1. The largest absolute Gasteiger partial charge is 0.507 e. The summed E-state index contributed by atoms with van der Waals surface area (Å²) in [7, 11) is 0. The van der Waals surface area contributed by atoms with Gasteiger partial charge in [0.15, 0.2) is 0 Å². The van der Waals surface area contributed by atoms with Crippen LogP contribution in [-0.2, 0) is 0 Å². The Balaban J connectivity index is 2.22. The predicted molar refractivity (Wildman–Crippen MR) is 73.9 cm³/mol. The molecule has 0 amide bonds. The number of benzene rings is 1. The third-order valence-corrected chi connectivity index (χ3v) is 3.21. The van der Waals surface area contributed by atoms with Crippen LogP contribution in [0.25, 0.3) is 0 Å². The second-order valence-corrected chi connectivity index (χ2v) is 4.55. The number of phenolic OH excluding ortho intramolecular Hbond substituents is 1. The number of phenols is 1. The highest BCUT2D eigenvalue weighted by Crippen LogP contribution is 2.30. The van der Waals surface area contributed by atoms with Crippen LogP contribution < -0.4 is 5.32 Å². The van der Waals surface area contributed by atoms with E-state index in [0.29, 0.717) is 5.75 Å². The van der Waals surface area contributed by atoms with Gasteiger partial charge in [0.05, 0.1) is 0 Å². The van der Waals surface area contributed by atoms with E-state index in [-0.39, 0.29) is 6.04 Å². The molecule has 2 rings (SSSR count). The van der Waals surface area contributed by atoms with Gasteiger partial charge in [0.1, 0.15) is 5.75 Å². The van der Waals surface area contributed by atoms with Crippen LogP contribution in [0.2, 0.25) is 0 Å². The third kappa shape index (κ3) is 2.45. The Kier molecular flexibility index (Phi) is 3.51. The van der Waals surface area contributed by atoms with Crippen LogP contribution in [0.5, 0.6) is 5.75 Å². The molecule has 3 nitrogen and oxygen atoms in total. The standard InChI is InChI=1S/C15H18N2O/c1-10-4-5-14(11(2)15(10)18)17-12(3)13-6-8-16-9-7-13/h4-9,12,17-18H,1-3H3. The number of aromatic hydroxyl groups is 1. The quantitative estimate of drug-likeness (QED) is 0.864. The Morgan fingerprint density at radius 2 is 1.78 bits per heavy atom. The van der Waals surface area contributed by atoms with Gasteiger partial charge in [0, 0.05) is 29.7 Å². The molecule has 18 heavy (non-hydrogen) atoms. The fraction of sp³-hybridized carbons (Fsp3) is 0.267. The fourth-order valence-electron chi connectivity index (χ4n) is 1.96. The Hall–Kier alpha value is -2.03. The molecule has 0 bridgehead atoms. The van der Waals surface area contributed by atoms with E-state index < -0.39 is 0 Å². The van der Waals surface area contributed by atoms with Crippen molar-refractivity contribution >= 4 is 5.69 Å². The lowest BCUT2D eigenvalue weighted by Crippen LogP contribution is -2.07. The molecule has 1 unspecified atom stereocenters. The van der Waals surface area contributed by atoms with E-state index in [1.54, 1.807) is 12.4 Å². The van der Waals surface area contributed by atoms with E-state index in [4.69, 9.17) is 0 Å². The molecule has 0 aliphatic rings. The fourth-order valence-corrected chi connectivity index (χ4v) is 1.96. The van der Waals surface area contributed by atoms with Crippen molar-refractivity contribution in [1.82, 2.24) is 4.98 Å². The van der Waals surface area contributed by atoms with Crippen molar-refractivity contribution in [3.63, 3.8) is 0 Å². The molecule has 2 N–H and O–H groups in total. The number of hydrogen-bond donors (Lipinski definition) is 2. The molecule has 1 atom stereocenters. The lowest BCUT2D eigenvalue weighted by Gasteiger charge is -2.18. The first-order valence-electron chi connectivity index (χ1n) is 6.05. The second kappa shape index (κ2) is 5.08. The number of aryl methyl sites for hydroxylation is 1. The van der Waals surface area contributed by atoms with Crippen LogP contribution in [0.4, 0.5) is 5.69 Å². The van der Waals surface area contributed by atoms with Crippen molar-refractivity contribution in [2.75, 3.05) is 5.32 Å². The van der Waals surface area contributed by atoms with Crippen molar-refractivity contribution in [3.8, 4) is 5.75 Å². The average Bonchev–Trinajstić information content (AvgIpc) is 2.40. The zero-order valence-corrected chi connectivity index (χ0v) is 10.9. The van der Waals surface area contributed by atoms with Crippen LogP contribution in [-0.4, -0.2) is 10.1 Å². The highest BCUT2D eigenvalue weighted by Gasteiger charge is 2.09. The average molecular weight is 242 g/mol. The summed E-state index contributed by atoms with van der Waals surface area (Å²) in [6.07, 6.45) is 3.57. The first-order chi connectivity index (χ1) is 8.59. The van der Waals surface area contributed by atoms with E-state index >= 15 is 0 Å². The summed E-state index contributed by atoms with van der Waals surface area (Å²) in [6.45, 7) is 5.91. The molecule has 0 spiro atoms. The molecular weight excluding hydrogens is 224 g/mol. The van der Waals surface area contributed by atoms with E-state index in [9.17, 15) is 5.11 Å². The van der Waals surface area contributed by atoms with Gasteiger partial charge in [0.25, 0.3) is 0 Å². The first kappa shape index (κ1) is 12.4. The Morgan fingerprint density at radius 3 is 2.44 bits per heavy atom. The minimum atomic E-state index is 0.175. The number of pyridine rings is 1.